The van der Waals surface area contributed by atoms with E-state index in [4.69, 9.17) is 0 Å². The quantitative estimate of drug-likeness (QED) is 0.594. The molecule has 4 rings (SSSR count). The predicted octanol–water partition coefficient (Wildman–Crippen LogP) is 1.94. The summed E-state index contributed by atoms with van der Waals surface area (Å²) >= 11 is 1.42. The van der Waals surface area contributed by atoms with Crippen molar-refractivity contribution in [3.63, 3.8) is 0 Å². The lowest BCUT2D eigenvalue weighted by Crippen LogP contribution is -2.27. The predicted molar refractivity (Wildman–Crippen MR) is 100 cm³/mol. The van der Waals surface area contributed by atoms with Crippen LogP contribution in [-0.4, -0.2) is 30.2 Å². The zero-order chi connectivity index (χ0) is 18.3. The van der Waals surface area contributed by atoms with Crippen molar-refractivity contribution in [1.82, 2.24) is 24.3 Å². The van der Waals surface area contributed by atoms with E-state index < -0.39 is 0 Å². The average Bonchev–Trinajstić information content (AvgIpc) is 3.20. The second-order valence-electron chi connectivity index (χ2n) is 5.91. The van der Waals surface area contributed by atoms with Crippen LogP contribution in [0.25, 0.3) is 21.3 Å². The van der Waals surface area contributed by atoms with Crippen molar-refractivity contribution in [2.75, 3.05) is 5.32 Å². The van der Waals surface area contributed by atoms with Gasteiger partial charge in [0.05, 0.1) is 16.4 Å². The van der Waals surface area contributed by atoms with Gasteiger partial charge in [0.2, 0.25) is 5.91 Å². The van der Waals surface area contributed by atoms with Gasteiger partial charge in [0.25, 0.3) is 5.56 Å². The van der Waals surface area contributed by atoms with E-state index in [0.717, 1.165) is 16.6 Å². The van der Waals surface area contributed by atoms with Gasteiger partial charge in [0.15, 0.2) is 10.8 Å². The van der Waals surface area contributed by atoms with Gasteiger partial charge < -0.3 is 5.32 Å². The SMILES string of the molecule is CCc1ccc2nc(NC(=O)Cn3cnc4c(cnn4C)c3=O)sc2c1. The van der Waals surface area contributed by atoms with Crippen molar-refractivity contribution >= 4 is 43.6 Å². The number of hydrogen-bond acceptors (Lipinski definition) is 6. The van der Waals surface area contributed by atoms with Gasteiger partial charge in [-0.3, -0.25) is 18.8 Å². The molecule has 0 saturated carbocycles. The van der Waals surface area contributed by atoms with Crippen LogP contribution in [0.15, 0.2) is 35.5 Å². The molecular weight excluding hydrogens is 352 g/mol. The minimum atomic E-state index is -0.327. The molecule has 0 saturated heterocycles. The van der Waals surface area contributed by atoms with Crippen LogP contribution in [-0.2, 0) is 24.8 Å². The van der Waals surface area contributed by atoms with Gasteiger partial charge in [-0.1, -0.05) is 24.3 Å². The second kappa shape index (κ2) is 6.34. The summed E-state index contributed by atoms with van der Waals surface area (Å²) in [4.78, 5) is 33.3. The molecule has 0 aliphatic carbocycles. The molecule has 0 radical (unpaired) electrons. The van der Waals surface area contributed by atoms with Crippen LogP contribution < -0.4 is 10.9 Å². The number of aromatic nitrogens is 5. The zero-order valence-electron chi connectivity index (χ0n) is 14.3. The molecule has 0 aliphatic rings. The van der Waals surface area contributed by atoms with Crippen molar-refractivity contribution in [3.05, 3.63) is 46.6 Å². The van der Waals surface area contributed by atoms with Gasteiger partial charge >= 0.3 is 0 Å². The Hall–Kier alpha value is -3.07. The molecular formula is C17H16N6O2S. The van der Waals surface area contributed by atoms with E-state index in [0.29, 0.717) is 16.2 Å². The van der Waals surface area contributed by atoms with Crippen LogP contribution in [0.5, 0.6) is 0 Å². The smallest absolute Gasteiger partial charge is 0.264 e. The summed E-state index contributed by atoms with van der Waals surface area (Å²) in [6, 6.07) is 6.06. The number of rotatable bonds is 4. The minimum Gasteiger partial charge on any atom is -0.300 e. The Kier molecular flexibility index (Phi) is 4.00. The third kappa shape index (κ3) is 2.86. The summed E-state index contributed by atoms with van der Waals surface area (Å²) < 4.78 is 3.81. The standard InChI is InChI=1S/C17H16N6O2S/c1-3-10-4-5-12-13(6-10)26-17(20-12)21-14(24)8-23-9-18-15-11(16(23)25)7-19-22(15)2/h4-7,9H,3,8H2,1-2H3,(H,20,21,24). The summed E-state index contributed by atoms with van der Waals surface area (Å²) in [6.07, 6.45) is 3.76. The third-order valence-electron chi connectivity index (χ3n) is 4.14. The highest BCUT2D eigenvalue weighted by Crippen LogP contribution is 2.27. The van der Waals surface area contributed by atoms with Crippen LogP contribution in [0.2, 0.25) is 0 Å². The van der Waals surface area contributed by atoms with Crippen molar-refractivity contribution < 1.29 is 4.79 Å². The van der Waals surface area contributed by atoms with Crippen LogP contribution >= 0.6 is 11.3 Å². The van der Waals surface area contributed by atoms with Crippen LogP contribution in [0.1, 0.15) is 12.5 Å². The summed E-state index contributed by atoms with van der Waals surface area (Å²) in [5.74, 6) is -0.327. The van der Waals surface area contributed by atoms with Gasteiger partial charge in [0.1, 0.15) is 18.3 Å². The topological polar surface area (TPSA) is 94.7 Å². The van der Waals surface area contributed by atoms with Gasteiger partial charge in [-0.2, -0.15) is 5.10 Å². The number of hydrogen-bond donors (Lipinski definition) is 1. The van der Waals surface area contributed by atoms with Crippen molar-refractivity contribution in [2.45, 2.75) is 19.9 Å². The number of nitrogens with one attached hydrogen (secondary N) is 1. The van der Waals surface area contributed by atoms with Crippen molar-refractivity contribution in [2.24, 2.45) is 7.05 Å². The lowest BCUT2D eigenvalue weighted by atomic mass is 10.2. The van der Waals surface area contributed by atoms with Crippen LogP contribution in [0, 0.1) is 0 Å². The second-order valence-corrected chi connectivity index (χ2v) is 6.94. The first-order valence-corrected chi connectivity index (χ1v) is 8.93. The molecule has 3 heterocycles. The largest absolute Gasteiger partial charge is 0.300 e. The molecule has 8 nitrogen and oxygen atoms in total. The molecule has 0 bridgehead atoms. The highest BCUT2D eigenvalue weighted by atomic mass is 32.1. The summed E-state index contributed by atoms with van der Waals surface area (Å²) in [5, 5.41) is 7.67. The molecule has 0 atom stereocenters. The Morgan fingerprint density at radius 1 is 1.35 bits per heavy atom. The molecule has 1 N–H and O–H groups in total. The first-order chi connectivity index (χ1) is 12.5. The molecule has 4 aromatic rings. The van der Waals surface area contributed by atoms with Crippen LogP contribution in [0.3, 0.4) is 0 Å². The number of anilines is 1. The Morgan fingerprint density at radius 2 is 2.19 bits per heavy atom. The van der Waals surface area contributed by atoms with E-state index in [1.807, 2.05) is 12.1 Å². The highest BCUT2D eigenvalue weighted by molar-refractivity contribution is 7.22. The number of carbonyl (C=O) groups is 1. The van der Waals surface area contributed by atoms with Crippen LogP contribution in [0.4, 0.5) is 5.13 Å². The maximum atomic E-state index is 12.4. The number of benzene rings is 1. The molecule has 0 aliphatic heterocycles. The van der Waals surface area contributed by atoms with E-state index in [1.165, 1.54) is 38.7 Å². The molecule has 0 unspecified atom stereocenters. The molecule has 0 fully saturated rings. The van der Waals surface area contributed by atoms with E-state index in [-0.39, 0.29) is 18.0 Å². The molecule has 0 spiro atoms. The maximum absolute atomic E-state index is 12.4. The van der Waals surface area contributed by atoms with Crippen molar-refractivity contribution in [3.8, 4) is 0 Å². The number of nitrogens with zero attached hydrogens (tertiary/aromatic N) is 5. The van der Waals surface area contributed by atoms with Gasteiger partial charge in [0, 0.05) is 7.05 Å². The summed E-state index contributed by atoms with van der Waals surface area (Å²) in [6.45, 7) is 1.96. The lowest BCUT2D eigenvalue weighted by molar-refractivity contribution is -0.116. The fourth-order valence-corrected chi connectivity index (χ4v) is 3.68. The molecule has 1 aromatic carbocycles. The average molecular weight is 368 g/mol. The molecule has 3 aromatic heterocycles. The monoisotopic (exact) mass is 368 g/mol. The van der Waals surface area contributed by atoms with E-state index >= 15 is 0 Å². The fraction of sp³-hybridized carbons (Fsp3) is 0.235. The zero-order valence-corrected chi connectivity index (χ0v) is 15.1. The Morgan fingerprint density at radius 3 is 3.00 bits per heavy atom. The molecule has 9 heteroatoms. The van der Waals surface area contributed by atoms with Gasteiger partial charge in [-0.25, -0.2) is 9.97 Å². The molecule has 26 heavy (non-hydrogen) atoms. The lowest BCUT2D eigenvalue weighted by Gasteiger charge is -2.05. The Bertz CT molecular complexity index is 1190. The van der Waals surface area contributed by atoms with E-state index in [2.05, 4.69) is 33.4 Å². The van der Waals surface area contributed by atoms with E-state index in [9.17, 15) is 9.59 Å². The third-order valence-corrected chi connectivity index (χ3v) is 5.07. The minimum absolute atomic E-state index is 0.132. The highest BCUT2D eigenvalue weighted by Gasteiger charge is 2.12. The number of aryl methyl sites for hydroxylation is 2. The fourth-order valence-electron chi connectivity index (χ4n) is 2.74. The summed E-state index contributed by atoms with van der Waals surface area (Å²) in [7, 11) is 1.71. The normalized spacial score (nSPS) is 11.3. The number of fused-ring (bicyclic) bond motifs is 2. The maximum Gasteiger partial charge on any atom is 0.264 e. The summed E-state index contributed by atoms with van der Waals surface area (Å²) in [5.41, 5.74) is 2.26. The van der Waals surface area contributed by atoms with Gasteiger partial charge in [-0.15, -0.1) is 0 Å². The first-order valence-electron chi connectivity index (χ1n) is 8.11. The van der Waals surface area contributed by atoms with Crippen molar-refractivity contribution in [1.29, 1.82) is 0 Å². The number of amides is 1. The van der Waals surface area contributed by atoms with Gasteiger partial charge in [-0.05, 0) is 24.1 Å². The molecule has 1 amide bonds. The number of carbonyl (C=O) groups excluding carboxylic acids is 1. The Balaban J connectivity index is 1.55. The van der Waals surface area contributed by atoms with E-state index in [1.54, 1.807) is 7.05 Å². The number of thiazole rings is 1. The molecule has 132 valence electrons. The Labute approximate surface area is 152 Å². The first kappa shape index (κ1) is 16.4.